The summed E-state index contributed by atoms with van der Waals surface area (Å²) in [6.45, 7) is 3.42. The molecule has 0 spiro atoms. The van der Waals surface area contributed by atoms with Gasteiger partial charge in [0.25, 0.3) is 0 Å². The summed E-state index contributed by atoms with van der Waals surface area (Å²) < 4.78 is 0. The minimum Gasteiger partial charge on any atom is -0.334 e. The number of urea groups is 1. The van der Waals surface area contributed by atoms with Crippen molar-refractivity contribution in [2.45, 2.75) is 25.9 Å². The number of aromatic amines is 1. The van der Waals surface area contributed by atoms with Crippen molar-refractivity contribution in [1.29, 1.82) is 0 Å². The number of rotatable bonds is 7. The lowest BCUT2D eigenvalue weighted by molar-refractivity contribution is 0.198. The molecule has 2 rings (SSSR count). The lowest BCUT2D eigenvalue weighted by Gasteiger charge is -2.24. The Morgan fingerprint density at radius 2 is 2.22 bits per heavy atom. The fourth-order valence-corrected chi connectivity index (χ4v) is 3.01. The predicted molar refractivity (Wildman–Crippen MR) is 94.5 cm³/mol. The van der Waals surface area contributed by atoms with E-state index in [1.165, 1.54) is 0 Å². The molecule has 0 fully saturated rings. The third-order valence-electron chi connectivity index (χ3n) is 3.56. The molecule has 2 heterocycles. The molecular formula is C16H25N5OS. The second-order valence-corrected chi connectivity index (χ2v) is 6.88. The number of hydrogen-bond acceptors (Lipinski definition) is 4. The normalized spacial score (nSPS) is 12.4. The van der Waals surface area contributed by atoms with Crippen molar-refractivity contribution in [1.82, 2.24) is 25.3 Å². The number of aromatic nitrogens is 2. The van der Waals surface area contributed by atoms with Crippen molar-refractivity contribution in [3.63, 3.8) is 0 Å². The monoisotopic (exact) mass is 335 g/mol. The van der Waals surface area contributed by atoms with Crippen LogP contribution in [-0.4, -0.2) is 59.8 Å². The highest BCUT2D eigenvalue weighted by Crippen LogP contribution is 2.23. The number of nitrogens with one attached hydrogen (secondary N) is 2. The van der Waals surface area contributed by atoms with Gasteiger partial charge in [0.05, 0.1) is 17.1 Å². The molecule has 0 aliphatic carbocycles. The molecule has 0 radical (unpaired) electrons. The largest absolute Gasteiger partial charge is 0.334 e. The summed E-state index contributed by atoms with van der Waals surface area (Å²) >= 11 is 1.65. The van der Waals surface area contributed by atoms with Gasteiger partial charge in [0.2, 0.25) is 0 Å². The van der Waals surface area contributed by atoms with E-state index in [9.17, 15) is 4.79 Å². The van der Waals surface area contributed by atoms with Gasteiger partial charge in [-0.1, -0.05) is 13.0 Å². The average molecular weight is 335 g/mol. The Morgan fingerprint density at radius 1 is 1.43 bits per heavy atom. The zero-order valence-electron chi connectivity index (χ0n) is 14.2. The van der Waals surface area contributed by atoms with Crippen LogP contribution in [0.25, 0.3) is 10.6 Å². The molecule has 2 aromatic heterocycles. The first-order chi connectivity index (χ1) is 11.0. The Hall–Kier alpha value is -1.86. The quantitative estimate of drug-likeness (QED) is 0.817. The number of amides is 2. The van der Waals surface area contributed by atoms with Crippen LogP contribution in [0.3, 0.4) is 0 Å². The third-order valence-corrected chi connectivity index (χ3v) is 4.46. The second-order valence-electron chi connectivity index (χ2n) is 5.93. The second kappa shape index (κ2) is 8.12. The van der Waals surface area contributed by atoms with E-state index in [0.717, 1.165) is 29.2 Å². The molecule has 7 heteroatoms. The van der Waals surface area contributed by atoms with Crippen molar-refractivity contribution in [2.75, 3.05) is 27.7 Å². The number of hydrogen-bond donors (Lipinski definition) is 2. The van der Waals surface area contributed by atoms with Crippen molar-refractivity contribution in [3.05, 3.63) is 29.3 Å². The van der Waals surface area contributed by atoms with Gasteiger partial charge in [-0.15, -0.1) is 11.3 Å². The molecule has 6 nitrogen and oxygen atoms in total. The number of nitrogens with zero attached hydrogens (tertiary/aromatic N) is 3. The molecule has 0 bridgehead atoms. The fourth-order valence-electron chi connectivity index (χ4n) is 2.32. The van der Waals surface area contributed by atoms with E-state index in [1.54, 1.807) is 23.3 Å². The first-order valence-corrected chi connectivity index (χ1v) is 8.62. The fraction of sp³-hybridized carbons (Fsp3) is 0.500. The summed E-state index contributed by atoms with van der Waals surface area (Å²) in [5.41, 5.74) is 1.84. The van der Waals surface area contributed by atoms with E-state index in [4.69, 9.17) is 0 Å². The maximum atomic E-state index is 12.3. The van der Waals surface area contributed by atoms with Crippen LogP contribution in [0.1, 0.15) is 19.0 Å². The van der Waals surface area contributed by atoms with Gasteiger partial charge in [0.15, 0.2) is 0 Å². The lowest BCUT2D eigenvalue weighted by atomic mass is 10.2. The number of carbonyl (C=O) groups is 1. The number of H-pyrrole nitrogens is 1. The molecule has 0 aliphatic heterocycles. The molecular weight excluding hydrogens is 310 g/mol. The van der Waals surface area contributed by atoms with E-state index >= 15 is 0 Å². The standard InChI is InChI=1S/C16H25N5OS/c1-5-12(10-20(2)3)17-16(22)21(4)11-13-9-14(19-18-13)15-7-6-8-23-15/h6-9,12H,5,10-11H2,1-4H3,(H,17,22)(H,18,19)/t12-/m0/s1. The molecule has 0 unspecified atom stereocenters. The minimum absolute atomic E-state index is 0.0639. The van der Waals surface area contributed by atoms with Crippen LogP contribution in [-0.2, 0) is 6.54 Å². The van der Waals surface area contributed by atoms with Gasteiger partial charge in [-0.25, -0.2) is 4.79 Å². The van der Waals surface area contributed by atoms with Crippen molar-refractivity contribution < 1.29 is 4.79 Å². The topological polar surface area (TPSA) is 64.3 Å². The average Bonchev–Trinajstić information content (AvgIpc) is 3.16. The van der Waals surface area contributed by atoms with E-state index in [-0.39, 0.29) is 12.1 Å². The Morgan fingerprint density at radius 3 is 2.83 bits per heavy atom. The zero-order valence-corrected chi connectivity index (χ0v) is 15.0. The Kier molecular flexibility index (Phi) is 6.18. The summed E-state index contributed by atoms with van der Waals surface area (Å²) in [6.07, 6.45) is 0.907. The number of thiophene rings is 1. The van der Waals surface area contributed by atoms with E-state index in [2.05, 4.69) is 27.3 Å². The Balaban J connectivity index is 1.90. The van der Waals surface area contributed by atoms with Gasteiger partial charge in [-0.05, 0) is 38.0 Å². The summed E-state index contributed by atoms with van der Waals surface area (Å²) in [5, 5.41) is 12.4. The summed E-state index contributed by atoms with van der Waals surface area (Å²) in [6, 6.07) is 6.12. The van der Waals surface area contributed by atoms with E-state index in [1.807, 2.05) is 37.7 Å². The van der Waals surface area contributed by atoms with E-state index < -0.39 is 0 Å². The Bertz CT molecular complexity index is 608. The van der Waals surface area contributed by atoms with E-state index in [0.29, 0.717) is 6.54 Å². The van der Waals surface area contributed by atoms with Gasteiger partial charge in [-0.3, -0.25) is 5.10 Å². The predicted octanol–water partition coefficient (Wildman–Crippen LogP) is 2.62. The van der Waals surface area contributed by atoms with Crippen LogP contribution in [0.4, 0.5) is 4.79 Å². The highest BCUT2D eigenvalue weighted by Gasteiger charge is 2.16. The van der Waals surface area contributed by atoms with Crippen LogP contribution in [0, 0.1) is 0 Å². The van der Waals surface area contributed by atoms with Crippen LogP contribution in [0.15, 0.2) is 23.6 Å². The summed E-state index contributed by atoms with van der Waals surface area (Å²) in [5.74, 6) is 0. The van der Waals surface area contributed by atoms with Gasteiger partial charge in [0.1, 0.15) is 5.69 Å². The van der Waals surface area contributed by atoms with Crippen LogP contribution < -0.4 is 5.32 Å². The maximum absolute atomic E-state index is 12.3. The van der Waals surface area contributed by atoms with Gasteiger partial charge >= 0.3 is 6.03 Å². The zero-order chi connectivity index (χ0) is 16.8. The van der Waals surface area contributed by atoms with Gasteiger partial charge < -0.3 is 15.1 Å². The van der Waals surface area contributed by atoms with Crippen molar-refractivity contribution in [2.24, 2.45) is 0 Å². The molecule has 0 aromatic carbocycles. The molecule has 1 atom stereocenters. The highest BCUT2D eigenvalue weighted by molar-refractivity contribution is 7.13. The van der Waals surface area contributed by atoms with Crippen molar-refractivity contribution in [3.8, 4) is 10.6 Å². The molecule has 2 aromatic rings. The highest BCUT2D eigenvalue weighted by atomic mass is 32.1. The third kappa shape index (κ3) is 5.07. The minimum atomic E-state index is -0.0639. The first kappa shape index (κ1) is 17.5. The molecule has 2 N–H and O–H groups in total. The lowest BCUT2D eigenvalue weighted by Crippen LogP contribution is -2.46. The molecule has 23 heavy (non-hydrogen) atoms. The van der Waals surface area contributed by atoms with Crippen LogP contribution in [0.5, 0.6) is 0 Å². The summed E-state index contributed by atoms with van der Waals surface area (Å²) in [4.78, 5) is 17.2. The first-order valence-electron chi connectivity index (χ1n) is 7.74. The molecule has 0 aliphatic rings. The van der Waals surface area contributed by atoms with Crippen molar-refractivity contribution >= 4 is 17.4 Å². The molecule has 0 saturated carbocycles. The molecule has 2 amide bonds. The summed E-state index contributed by atoms with van der Waals surface area (Å²) in [7, 11) is 5.81. The number of carbonyl (C=O) groups excluding carboxylic acids is 1. The smallest absolute Gasteiger partial charge is 0.317 e. The molecule has 126 valence electrons. The SMILES string of the molecule is CC[C@@H](CN(C)C)NC(=O)N(C)Cc1cc(-c2cccs2)n[nH]1. The van der Waals surface area contributed by atoms with Gasteiger partial charge in [0, 0.05) is 19.6 Å². The number of likely N-dealkylation sites (N-methyl/N-ethyl adjacent to an activating group) is 1. The van der Waals surface area contributed by atoms with Crippen LogP contribution in [0.2, 0.25) is 0 Å². The van der Waals surface area contributed by atoms with Gasteiger partial charge in [-0.2, -0.15) is 5.10 Å². The van der Waals surface area contributed by atoms with Crippen LogP contribution >= 0.6 is 11.3 Å². The Labute approximate surface area is 141 Å². The molecule has 0 saturated heterocycles. The maximum Gasteiger partial charge on any atom is 0.317 e.